The predicted octanol–water partition coefficient (Wildman–Crippen LogP) is 3.81. The van der Waals surface area contributed by atoms with E-state index in [1.54, 1.807) is 65.8 Å². The summed E-state index contributed by atoms with van der Waals surface area (Å²) in [7, 11) is 2.32. The smallest absolute Gasteiger partial charge is 0.412 e. The van der Waals surface area contributed by atoms with Crippen LogP contribution >= 0.6 is 0 Å². The van der Waals surface area contributed by atoms with Crippen molar-refractivity contribution < 1.29 is 47.7 Å². The Bertz CT molecular complexity index is 1310. The molecule has 240 valence electrons. The second-order valence-corrected chi connectivity index (χ2v) is 12.6. The number of likely N-dealkylation sites (tertiary alicyclic amines) is 1. The van der Waals surface area contributed by atoms with Crippen LogP contribution in [0, 0.1) is 5.92 Å². The summed E-state index contributed by atoms with van der Waals surface area (Å²) in [5, 5.41) is 2.38. The van der Waals surface area contributed by atoms with Gasteiger partial charge in [0, 0.05) is 6.54 Å². The second kappa shape index (κ2) is 13.5. The number of hydrogen-bond donors (Lipinski definition) is 1. The van der Waals surface area contributed by atoms with Crippen LogP contribution in [0.4, 0.5) is 9.59 Å². The lowest BCUT2D eigenvalue weighted by Gasteiger charge is -2.31. The van der Waals surface area contributed by atoms with Crippen LogP contribution in [0.25, 0.3) is 0 Å². The summed E-state index contributed by atoms with van der Waals surface area (Å²) in [6.45, 7) is 10.1. The van der Waals surface area contributed by atoms with Crippen molar-refractivity contribution in [3.63, 3.8) is 0 Å². The summed E-state index contributed by atoms with van der Waals surface area (Å²) < 4.78 is 20.8. The molecule has 0 unspecified atom stereocenters. The third-order valence-electron chi connectivity index (χ3n) is 6.93. The molecule has 0 radical (unpaired) electrons. The topological polar surface area (TPSA) is 158 Å². The van der Waals surface area contributed by atoms with Crippen molar-refractivity contribution >= 4 is 35.9 Å². The van der Waals surface area contributed by atoms with Gasteiger partial charge in [-0.1, -0.05) is 12.1 Å². The van der Waals surface area contributed by atoms with Crippen molar-refractivity contribution in [2.75, 3.05) is 20.8 Å². The van der Waals surface area contributed by atoms with E-state index >= 15 is 0 Å². The van der Waals surface area contributed by atoms with Crippen molar-refractivity contribution in [2.24, 2.45) is 5.92 Å². The molecule has 4 amide bonds. The number of fused-ring (bicyclic) bond motifs is 1. The third kappa shape index (κ3) is 8.14. The average Bonchev–Trinajstić information content (AvgIpc) is 3.40. The molecule has 1 saturated heterocycles. The van der Waals surface area contributed by atoms with Crippen LogP contribution in [0.15, 0.2) is 36.0 Å². The van der Waals surface area contributed by atoms with Crippen LogP contribution in [0.3, 0.4) is 0 Å². The minimum atomic E-state index is -1.13. The Kier molecular flexibility index (Phi) is 10.4. The van der Waals surface area contributed by atoms with E-state index < -0.39 is 65.1 Å². The predicted molar refractivity (Wildman–Crippen MR) is 156 cm³/mol. The van der Waals surface area contributed by atoms with Crippen molar-refractivity contribution in [3.8, 4) is 0 Å². The zero-order valence-corrected chi connectivity index (χ0v) is 26.4. The van der Waals surface area contributed by atoms with Crippen molar-refractivity contribution in [1.29, 1.82) is 0 Å². The number of ether oxygens (including phenoxy) is 4. The minimum Gasteiger partial charge on any atom is -0.467 e. The van der Waals surface area contributed by atoms with E-state index in [9.17, 15) is 28.8 Å². The maximum absolute atomic E-state index is 13.5. The van der Waals surface area contributed by atoms with E-state index in [2.05, 4.69) is 5.32 Å². The quantitative estimate of drug-likeness (QED) is 0.197. The Morgan fingerprint density at radius 3 is 1.98 bits per heavy atom. The number of hydrogen-bond acceptors (Lipinski definition) is 10. The van der Waals surface area contributed by atoms with Gasteiger partial charge in [0.2, 0.25) is 0 Å². The van der Waals surface area contributed by atoms with E-state index in [1.807, 2.05) is 0 Å². The molecule has 1 fully saturated rings. The van der Waals surface area contributed by atoms with Gasteiger partial charge in [-0.25, -0.2) is 19.2 Å². The number of carbonyl (C=O) groups is 6. The largest absolute Gasteiger partial charge is 0.467 e. The molecule has 13 heteroatoms. The molecule has 1 N–H and O–H groups in total. The Balaban J connectivity index is 1.91. The highest BCUT2D eigenvalue weighted by atomic mass is 16.6. The van der Waals surface area contributed by atoms with Gasteiger partial charge in [0.05, 0.1) is 31.4 Å². The van der Waals surface area contributed by atoms with Crippen LogP contribution in [0.2, 0.25) is 0 Å². The summed E-state index contributed by atoms with van der Waals surface area (Å²) >= 11 is 0. The molecule has 1 aromatic carbocycles. The van der Waals surface area contributed by atoms with Gasteiger partial charge in [-0.3, -0.25) is 24.7 Å². The van der Waals surface area contributed by atoms with Gasteiger partial charge >= 0.3 is 24.1 Å². The van der Waals surface area contributed by atoms with Crippen LogP contribution in [-0.4, -0.2) is 89.8 Å². The van der Waals surface area contributed by atoms with Crippen molar-refractivity contribution in [3.05, 3.63) is 47.2 Å². The fraction of sp³-hybridized carbons (Fsp3) is 0.548. The molecule has 0 saturated carbocycles. The van der Waals surface area contributed by atoms with E-state index in [0.717, 1.165) is 12.0 Å². The van der Waals surface area contributed by atoms with Gasteiger partial charge in [0.15, 0.2) is 0 Å². The second-order valence-electron chi connectivity index (χ2n) is 12.6. The number of benzene rings is 1. The van der Waals surface area contributed by atoms with Gasteiger partial charge in [-0.2, -0.15) is 0 Å². The lowest BCUT2D eigenvalue weighted by Crippen LogP contribution is -2.49. The standard InChI is InChI=1S/C31H41N3O10/c1-30(2,3)43-28(39)32-22(26(37)41-7)17-19-16-18(23(27(38)42-8)34(19)29(40)44-31(4,5)6)12-11-15-33-24(35)20-13-9-10-14-21(20)25(33)36/h9-10,13-14,17-19,23H,11-12,15-16H2,1-8H3,(H,32,39)/b22-17-/t18-,19+,23-/m0/s1. The number of nitrogens with zero attached hydrogens (tertiary/aromatic N) is 2. The highest BCUT2D eigenvalue weighted by molar-refractivity contribution is 6.21. The highest BCUT2D eigenvalue weighted by Crippen LogP contribution is 2.37. The van der Waals surface area contributed by atoms with Crippen LogP contribution in [-0.2, 0) is 28.5 Å². The lowest BCUT2D eigenvalue weighted by molar-refractivity contribution is -0.147. The number of nitrogens with one attached hydrogen (secondary N) is 1. The molecule has 0 aromatic heterocycles. The SMILES string of the molecule is COC(=O)/C(=C/[C@H]1C[C@H](CCCN2C(=O)c3ccccc3C2=O)[C@@H](C(=O)OC)N1C(=O)OC(C)(C)C)NC(=O)OC(C)(C)C. The molecule has 0 spiro atoms. The average molecular weight is 616 g/mol. The molecule has 2 heterocycles. The molecule has 3 atom stereocenters. The Hall–Kier alpha value is -4.42. The van der Waals surface area contributed by atoms with Crippen molar-refractivity contribution in [1.82, 2.24) is 15.1 Å². The Morgan fingerprint density at radius 1 is 0.909 bits per heavy atom. The monoisotopic (exact) mass is 615 g/mol. The summed E-state index contributed by atoms with van der Waals surface area (Å²) in [5.74, 6) is -2.92. The first kappa shape index (κ1) is 34.1. The zero-order chi connectivity index (χ0) is 33.0. The minimum absolute atomic E-state index is 0.0945. The fourth-order valence-electron chi connectivity index (χ4n) is 5.23. The molecule has 2 aliphatic rings. The number of esters is 2. The lowest BCUT2D eigenvalue weighted by atomic mass is 9.93. The van der Waals surface area contributed by atoms with Crippen LogP contribution in [0.5, 0.6) is 0 Å². The summed E-state index contributed by atoms with van der Waals surface area (Å²) in [6.07, 6.45) is 0.361. The maximum Gasteiger partial charge on any atom is 0.412 e. The summed E-state index contributed by atoms with van der Waals surface area (Å²) in [4.78, 5) is 79.9. The normalized spacial score (nSPS) is 20.3. The van der Waals surface area contributed by atoms with Gasteiger partial charge in [-0.15, -0.1) is 0 Å². The molecule has 0 bridgehead atoms. The van der Waals surface area contributed by atoms with E-state index in [-0.39, 0.29) is 18.7 Å². The third-order valence-corrected chi connectivity index (χ3v) is 6.93. The van der Waals surface area contributed by atoms with Gasteiger partial charge in [0.1, 0.15) is 22.9 Å². The molecule has 2 aliphatic heterocycles. The zero-order valence-electron chi connectivity index (χ0n) is 26.4. The molecule has 44 heavy (non-hydrogen) atoms. The van der Waals surface area contributed by atoms with Gasteiger partial charge in [0.25, 0.3) is 11.8 Å². The van der Waals surface area contributed by atoms with E-state index in [4.69, 9.17) is 18.9 Å². The maximum atomic E-state index is 13.5. The number of imide groups is 1. The van der Waals surface area contributed by atoms with E-state index in [1.165, 1.54) is 18.1 Å². The van der Waals surface area contributed by atoms with Gasteiger partial charge < -0.3 is 18.9 Å². The van der Waals surface area contributed by atoms with Crippen LogP contribution < -0.4 is 5.32 Å². The number of amides is 4. The molecule has 0 aliphatic carbocycles. The molecule has 1 aromatic rings. The van der Waals surface area contributed by atoms with E-state index in [0.29, 0.717) is 24.0 Å². The Morgan fingerprint density at radius 2 is 1.48 bits per heavy atom. The molecule has 3 rings (SSSR count). The molecular formula is C31H41N3O10. The number of carbonyl (C=O) groups excluding carboxylic acids is 6. The number of rotatable bonds is 8. The molecular weight excluding hydrogens is 574 g/mol. The first-order chi connectivity index (χ1) is 20.5. The highest BCUT2D eigenvalue weighted by Gasteiger charge is 2.49. The summed E-state index contributed by atoms with van der Waals surface area (Å²) in [5.41, 5.74) is -1.41. The first-order valence-electron chi connectivity index (χ1n) is 14.3. The first-order valence-corrected chi connectivity index (χ1v) is 14.3. The van der Waals surface area contributed by atoms with Crippen molar-refractivity contribution in [2.45, 2.75) is 84.1 Å². The molecule has 13 nitrogen and oxygen atoms in total. The summed E-state index contributed by atoms with van der Waals surface area (Å²) in [6, 6.07) is 4.53. The van der Waals surface area contributed by atoms with Gasteiger partial charge in [-0.05, 0) is 84.9 Å². The Labute approximate surface area is 256 Å². The number of methoxy groups -OCH3 is 2. The number of alkyl carbamates (subject to hydrolysis) is 1. The van der Waals surface area contributed by atoms with Crippen LogP contribution in [0.1, 0.15) is 81.5 Å². The fourth-order valence-corrected chi connectivity index (χ4v) is 5.23.